The number of pyridine rings is 1. The molecule has 0 radical (unpaired) electrons. The van der Waals surface area contributed by atoms with E-state index in [9.17, 15) is 0 Å². The summed E-state index contributed by atoms with van der Waals surface area (Å²) in [6.45, 7) is 26.1. The third-order valence-corrected chi connectivity index (χ3v) is 16.0. The first kappa shape index (κ1) is 49.3. The third-order valence-electron chi connectivity index (χ3n) is 16.0. The molecule has 10 aromatic rings. The van der Waals surface area contributed by atoms with E-state index in [1.54, 1.807) is 0 Å². The van der Waals surface area contributed by atoms with E-state index in [2.05, 4.69) is 285 Å². The van der Waals surface area contributed by atoms with Crippen molar-refractivity contribution in [3.8, 4) is 28.4 Å². The molecule has 0 amide bonds. The number of aromatic nitrogens is 2. The van der Waals surface area contributed by atoms with Crippen molar-refractivity contribution < 1.29 is 4.74 Å². The summed E-state index contributed by atoms with van der Waals surface area (Å²) < 4.78 is 9.55. The van der Waals surface area contributed by atoms with Crippen LogP contribution in [0.1, 0.15) is 127 Å². The number of rotatable bonds is 12. The quantitative estimate of drug-likeness (QED) is 0.122. The summed E-state index contributed by atoms with van der Waals surface area (Å²) in [6.07, 6.45) is 1.95. The average Bonchev–Trinajstić information content (AvgIpc) is 3.98. The average molecular weight is 983 g/mol. The monoisotopic (exact) mass is 983 g/mol. The van der Waals surface area contributed by atoms with E-state index in [1.807, 2.05) is 6.20 Å². The summed E-state index contributed by atoms with van der Waals surface area (Å²) in [5.41, 5.74) is 17.7. The van der Waals surface area contributed by atoms with Crippen LogP contribution in [0.15, 0.2) is 200 Å². The Bertz CT molecular complexity index is 3700. The zero-order valence-corrected chi connectivity index (χ0v) is 45.6. The van der Waals surface area contributed by atoms with Gasteiger partial charge < -0.3 is 14.5 Å². The van der Waals surface area contributed by atoms with E-state index in [1.165, 1.54) is 61.3 Å². The highest BCUT2D eigenvalue weighted by Crippen LogP contribution is 2.49. The van der Waals surface area contributed by atoms with Gasteiger partial charge in [-0.25, -0.2) is 4.98 Å². The van der Waals surface area contributed by atoms with E-state index in [-0.39, 0.29) is 16.2 Å². The summed E-state index contributed by atoms with van der Waals surface area (Å²) in [7, 11) is 0. The van der Waals surface area contributed by atoms with Gasteiger partial charge in [0.05, 0.1) is 22.4 Å². The summed E-state index contributed by atoms with van der Waals surface area (Å²) in [5.74, 6) is 3.03. The van der Waals surface area contributed by atoms with Crippen LogP contribution in [0, 0.1) is 0 Å². The molecule has 1 aliphatic heterocycles. The van der Waals surface area contributed by atoms with E-state index in [0.29, 0.717) is 18.5 Å². The molecular formula is C70H70N4O. The van der Waals surface area contributed by atoms with Crippen molar-refractivity contribution in [3.05, 3.63) is 239 Å². The Morgan fingerprint density at radius 2 is 1.00 bits per heavy atom. The fraction of sp³-hybridized carbons (Fsp3) is 0.243. The van der Waals surface area contributed by atoms with Gasteiger partial charge in [-0.1, -0.05) is 191 Å². The van der Waals surface area contributed by atoms with Crippen LogP contribution in [0.3, 0.4) is 0 Å². The van der Waals surface area contributed by atoms with E-state index < -0.39 is 0 Å². The van der Waals surface area contributed by atoms with Gasteiger partial charge in [0.2, 0.25) is 0 Å². The second-order valence-electron chi connectivity index (χ2n) is 23.4. The van der Waals surface area contributed by atoms with Crippen LogP contribution in [0.25, 0.3) is 38.8 Å². The molecular weight excluding hydrogens is 913 g/mol. The fourth-order valence-corrected chi connectivity index (χ4v) is 11.4. The standard InChI is InChI=1S/C70H70N4O/c1-46(2)58-28-22-29-59(47(3)4)67(58)48-37-54(72-45-73(64-32-21-20-31-63(64)72)55-40-52(68(5,6)7)39-53(41-55)70(10,11)50-25-16-13-17-26-50)43-57(38-48)75-56-33-34-61-60-27-18-19-30-62(60)74(65(61)44-56)66-42-51(35-36-71-66)69(8,9)49-23-14-12-15-24-49/h12-44,46-47H,45H2,1-11H3. The highest BCUT2D eigenvalue weighted by atomic mass is 16.5. The molecule has 0 saturated carbocycles. The second kappa shape index (κ2) is 19.1. The van der Waals surface area contributed by atoms with Crippen LogP contribution in [-0.4, -0.2) is 16.2 Å². The zero-order valence-electron chi connectivity index (χ0n) is 45.6. The Hall–Kier alpha value is -7.89. The summed E-state index contributed by atoms with van der Waals surface area (Å²) in [4.78, 5) is 10.0. The molecule has 0 unspecified atom stereocenters. The molecule has 0 fully saturated rings. The van der Waals surface area contributed by atoms with Gasteiger partial charge in [-0.3, -0.25) is 4.57 Å². The predicted molar refractivity (Wildman–Crippen MR) is 317 cm³/mol. The molecule has 75 heavy (non-hydrogen) atoms. The lowest BCUT2D eigenvalue weighted by atomic mass is 9.75. The molecule has 2 aromatic heterocycles. The number of fused-ring (bicyclic) bond motifs is 4. The second-order valence-corrected chi connectivity index (χ2v) is 23.4. The van der Waals surface area contributed by atoms with Gasteiger partial charge in [0.25, 0.3) is 0 Å². The van der Waals surface area contributed by atoms with Crippen molar-refractivity contribution in [1.29, 1.82) is 0 Å². The highest BCUT2D eigenvalue weighted by molar-refractivity contribution is 6.09. The lowest BCUT2D eigenvalue weighted by molar-refractivity contribution is 0.483. The Balaban J connectivity index is 1.05. The van der Waals surface area contributed by atoms with Crippen molar-refractivity contribution in [1.82, 2.24) is 9.55 Å². The maximum atomic E-state index is 7.25. The largest absolute Gasteiger partial charge is 0.457 e. The van der Waals surface area contributed by atoms with Crippen molar-refractivity contribution >= 4 is 44.6 Å². The molecule has 8 aromatic carbocycles. The van der Waals surface area contributed by atoms with Crippen LogP contribution in [0.4, 0.5) is 22.7 Å². The first-order chi connectivity index (χ1) is 36.0. The number of benzene rings is 8. The smallest absolute Gasteiger partial charge is 0.137 e. The lowest BCUT2D eigenvalue weighted by Gasteiger charge is -2.32. The minimum absolute atomic E-state index is 0.0633. The van der Waals surface area contributed by atoms with Crippen molar-refractivity contribution in [3.63, 3.8) is 0 Å². The number of para-hydroxylation sites is 3. The molecule has 0 bridgehead atoms. The van der Waals surface area contributed by atoms with E-state index in [0.717, 1.165) is 50.7 Å². The molecule has 0 atom stereocenters. The Morgan fingerprint density at radius 3 is 1.63 bits per heavy atom. The summed E-state index contributed by atoms with van der Waals surface area (Å²) >= 11 is 0. The number of hydrogen-bond acceptors (Lipinski definition) is 4. The van der Waals surface area contributed by atoms with Gasteiger partial charge in [-0.05, 0) is 134 Å². The minimum atomic E-state index is -0.232. The molecule has 1 aliphatic rings. The predicted octanol–water partition coefficient (Wildman–Crippen LogP) is 19.1. The summed E-state index contributed by atoms with van der Waals surface area (Å²) in [6, 6.07) is 71.1. The van der Waals surface area contributed by atoms with Gasteiger partial charge in [0.15, 0.2) is 0 Å². The van der Waals surface area contributed by atoms with Gasteiger partial charge >= 0.3 is 0 Å². The number of anilines is 4. The molecule has 0 N–H and O–H groups in total. The van der Waals surface area contributed by atoms with Crippen molar-refractivity contribution in [2.45, 2.75) is 104 Å². The zero-order chi connectivity index (χ0) is 52.4. The Kier molecular flexibility index (Phi) is 12.6. The Labute approximate surface area is 445 Å². The highest BCUT2D eigenvalue weighted by Gasteiger charge is 2.33. The maximum absolute atomic E-state index is 7.25. The van der Waals surface area contributed by atoms with Crippen molar-refractivity contribution in [2.24, 2.45) is 0 Å². The molecule has 5 nitrogen and oxygen atoms in total. The fourth-order valence-electron chi connectivity index (χ4n) is 11.4. The van der Waals surface area contributed by atoms with Crippen LogP contribution >= 0.6 is 0 Å². The van der Waals surface area contributed by atoms with E-state index in [4.69, 9.17) is 9.72 Å². The minimum Gasteiger partial charge on any atom is -0.457 e. The molecule has 11 rings (SSSR count). The molecule has 5 heteroatoms. The molecule has 0 spiro atoms. The molecule has 376 valence electrons. The van der Waals surface area contributed by atoms with Crippen LogP contribution in [-0.2, 0) is 16.2 Å². The number of ether oxygens (including phenoxy) is 1. The van der Waals surface area contributed by atoms with Crippen LogP contribution < -0.4 is 14.5 Å². The third kappa shape index (κ3) is 9.07. The first-order valence-corrected chi connectivity index (χ1v) is 26.8. The maximum Gasteiger partial charge on any atom is 0.137 e. The van der Waals surface area contributed by atoms with Crippen LogP contribution in [0.2, 0.25) is 0 Å². The van der Waals surface area contributed by atoms with Gasteiger partial charge in [-0.2, -0.15) is 0 Å². The number of hydrogen-bond donors (Lipinski definition) is 0. The van der Waals surface area contributed by atoms with Crippen LogP contribution in [0.5, 0.6) is 11.5 Å². The molecule has 0 saturated heterocycles. The van der Waals surface area contributed by atoms with Crippen molar-refractivity contribution in [2.75, 3.05) is 16.5 Å². The van der Waals surface area contributed by atoms with E-state index >= 15 is 0 Å². The first-order valence-electron chi connectivity index (χ1n) is 26.8. The normalized spacial score (nSPS) is 13.1. The Morgan fingerprint density at radius 1 is 0.440 bits per heavy atom. The molecule has 0 aliphatic carbocycles. The lowest BCUT2D eigenvalue weighted by Crippen LogP contribution is -2.26. The SMILES string of the molecule is CC(C)c1cccc(C(C)C)c1-c1cc(Oc2ccc3c4ccccc4n(-c4cc(C(C)(C)c5ccccc5)ccn4)c3c2)cc(N2CN(c3cc(C(C)(C)C)cc(C(C)(C)c4ccccc4)c3)c3ccccc32)c1. The number of nitrogens with zero attached hydrogens (tertiary/aromatic N) is 4. The van der Waals surface area contributed by atoms with Gasteiger partial charge in [0, 0.05) is 51.3 Å². The molecule has 3 heterocycles. The van der Waals surface area contributed by atoms with Gasteiger partial charge in [-0.15, -0.1) is 0 Å². The van der Waals surface area contributed by atoms with Gasteiger partial charge in [0.1, 0.15) is 24.0 Å². The summed E-state index contributed by atoms with van der Waals surface area (Å²) in [5, 5.41) is 2.32. The topological polar surface area (TPSA) is 33.5 Å².